The molecule has 1 N–H and O–H groups in total. The lowest BCUT2D eigenvalue weighted by molar-refractivity contribution is -0.147. The minimum Gasteiger partial charge on any atom is -0.469 e. The maximum absolute atomic E-state index is 11.1. The summed E-state index contributed by atoms with van der Waals surface area (Å²) < 4.78 is 4.61. The lowest BCUT2D eigenvalue weighted by Gasteiger charge is -2.16. The van der Waals surface area contributed by atoms with Gasteiger partial charge in [-0.3, -0.25) is 4.79 Å². The number of hydrogen-bond donors (Lipinski definition) is 1. The number of esters is 1. The number of ether oxygens (including phenoxy) is 1. The average Bonchev–Trinajstić information content (AvgIpc) is 2.45. The molecule has 12 heavy (non-hydrogen) atoms. The molecule has 1 saturated carbocycles. The van der Waals surface area contributed by atoms with Crippen LogP contribution in [0.5, 0.6) is 0 Å². The van der Waals surface area contributed by atoms with Crippen molar-refractivity contribution >= 4 is 17.6 Å². The van der Waals surface area contributed by atoms with Gasteiger partial charge in [0.1, 0.15) is 0 Å². The summed E-state index contributed by atoms with van der Waals surface area (Å²) in [7, 11) is 1.36. The normalized spacial score (nSPS) is 35.1. The van der Waals surface area contributed by atoms with Crippen LogP contribution in [0.4, 0.5) is 0 Å². The van der Waals surface area contributed by atoms with Crippen LogP contribution < -0.4 is 0 Å². The van der Waals surface area contributed by atoms with Gasteiger partial charge >= 0.3 is 5.97 Å². The summed E-state index contributed by atoms with van der Waals surface area (Å²) in [5, 5.41) is 9.41. The summed E-state index contributed by atoms with van der Waals surface area (Å²) in [5.41, 5.74) is 0. The van der Waals surface area contributed by atoms with Crippen molar-refractivity contribution in [2.45, 2.75) is 18.9 Å². The number of hydrogen-bond acceptors (Lipinski definition) is 3. The molecule has 1 rings (SSSR count). The Morgan fingerprint density at radius 1 is 1.67 bits per heavy atom. The Morgan fingerprint density at radius 3 is 2.83 bits per heavy atom. The van der Waals surface area contributed by atoms with Crippen molar-refractivity contribution in [3.05, 3.63) is 0 Å². The molecular formula is C8H13ClO3. The van der Waals surface area contributed by atoms with E-state index in [-0.39, 0.29) is 17.8 Å². The lowest BCUT2D eigenvalue weighted by atomic mass is 9.97. The summed E-state index contributed by atoms with van der Waals surface area (Å²) in [6.45, 7) is 0. The lowest BCUT2D eigenvalue weighted by Crippen LogP contribution is -2.27. The molecule has 0 unspecified atom stereocenters. The third-order valence-corrected chi connectivity index (χ3v) is 2.82. The molecule has 0 amide bonds. The fourth-order valence-electron chi connectivity index (χ4n) is 1.70. The molecule has 3 nitrogen and oxygen atoms in total. The van der Waals surface area contributed by atoms with Crippen molar-refractivity contribution < 1.29 is 14.6 Å². The van der Waals surface area contributed by atoms with E-state index in [4.69, 9.17) is 11.6 Å². The maximum Gasteiger partial charge on any atom is 0.309 e. The van der Waals surface area contributed by atoms with E-state index < -0.39 is 6.10 Å². The summed E-state index contributed by atoms with van der Waals surface area (Å²) >= 11 is 5.63. The molecule has 4 heteroatoms. The highest BCUT2D eigenvalue weighted by Gasteiger charge is 2.39. The van der Waals surface area contributed by atoms with Gasteiger partial charge in [0.15, 0.2) is 0 Å². The summed E-state index contributed by atoms with van der Waals surface area (Å²) in [4.78, 5) is 11.1. The van der Waals surface area contributed by atoms with Gasteiger partial charge < -0.3 is 9.84 Å². The summed E-state index contributed by atoms with van der Waals surface area (Å²) in [6, 6.07) is 0. The Balaban J connectivity index is 2.60. The van der Waals surface area contributed by atoms with Gasteiger partial charge in [-0.15, -0.1) is 11.6 Å². The Hall–Kier alpha value is -0.280. The molecule has 70 valence electrons. The predicted molar refractivity (Wildman–Crippen MR) is 45.0 cm³/mol. The van der Waals surface area contributed by atoms with E-state index in [2.05, 4.69) is 4.74 Å². The number of aliphatic hydroxyl groups is 1. The number of rotatable bonds is 2. The van der Waals surface area contributed by atoms with Crippen molar-refractivity contribution in [3.63, 3.8) is 0 Å². The number of carbonyl (C=O) groups is 1. The average molecular weight is 193 g/mol. The van der Waals surface area contributed by atoms with E-state index in [1.807, 2.05) is 0 Å². The van der Waals surface area contributed by atoms with Gasteiger partial charge in [0.2, 0.25) is 0 Å². The third kappa shape index (κ3) is 1.72. The first-order valence-corrected chi connectivity index (χ1v) is 4.56. The van der Waals surface area contributed by atoms with E-state index >= 15 is 0 Å². The summed E-state index contributed by atoms with van der Waals surface area (Å²) in [6.07, 6.45) is 0.897. The molecule has 0 saturated heterocycles. The second-order valence-electron chi connectivity index (χ2n) is 3.09. The fourth-order valence-corrected chi connectivity index (χ4v) is 2.12. The molecule has 0 heterocycles. The van der Waals surface area contributed by atoms with Crippen LogP contribution in [-0.4, -0.2) is 30.2 Å². The van der Waals surface area contributed by atoms with E-state index in [0.717, 1.165) is 0 Å². The third-order valence-electron chi connectivity index (χ3n) is 2.47. The standard InChI is InChI=1S/C8H13ClO3/c1-12-8(11)5-2-3-7(10)6(5)4-9/h5-7,10H,2-4H2,1H3/t5-,6-,7-/m1/s1. The van der Waals surface area contributed by atoms with Gasteiger partial charge in [-0.25, -0.2) is 0 Å². The SMILES string of the molecule is COC(=O)[C@@H]1CC[C@@H](O)[C@@H]1CCl. The topological polar surface area (TPSA) is 46.5 Å². The van der Waals surface area contributed by atoms with E-state index in [1.54, 1.807) is 0 Å². The van der Waals surface area contributed by atoms with Crippen molar-refractivity contribution in [2.75, 3.05) is 13.0 Å². The molecule has 1 aliphatic rings. The predicted octanol–water partition coefficient (Wildman–Crippen LogP) is 0.785. The number of carbonyl (C=O) groups excluding carboxylic acids is 1. The Kier molecular flexibility index (Phi) is 3.35. The molecule has 1 fully saturated rings. The van der Waals surface area contributed by atoms with Crippen LogP contribution in [-0.2, 0) is 9.53 Å². The van der Waals surface area contributed by atoms with Crippen molar-refractivity contribution in [1.29, 1.82) is 0 Å². The van der Waals surface area contributed by atoms with Crippen molar-refractivity contribution in [1.82, 2.24) is 0 Å². The molecule has 0 bridgehead atoms. The maximum atomic E-state index is 11.1. The van der Waals surface area contributed by atoms with E-state index in [1.165, 1.54) is 7.11 Å². The highest BCUT2D eigenvalue weighted by atomic mass is 35.5. The van der Waals surface area contributed by atoms with E-state index in [9.17, 15) is 9.90 Å². The fraction of sp³-hybridized carbons (Fsp3) is 0.875. The molecule has 1 aliphatic carbocycles. The zero-order valence-corrected chi connectivity index (χ0v) is 7.75. The zero-order chi connectivity index (χ0) is 9.14. The number of methoxy groups -OCH3 is 1. The smallest absolute Gasteiger partial charge is 0.309 e. The van der Waals surface area contributed by atoms with Crippen molar-refractivity contribution in [2.24, 2.45) is 11.8 Å². The molecule has 0 aliphatic heterocycles. The van der Waals surface area contributed by atoms with Crippen LogP contribution in [0.25, 0.3) is 0 Å². The van der Waals surface area contributed by atoms with Crippen LogP contribution in [0.3, 0.4) is 0 Å². The number of alkyl halides is 1. The number of aliphatic hydroxyl groups excluding tert-OH is 1. The first kappa shape index (κ1) is 9.81. The van der Waals surface area contributed by atoms with Gasteiger partial charge in [0.05, 0.1) is 19.1 Å². The second-order valence-corrected chi connectivity index (χ2v) is 3.40. The quantitative estimate of drug-likeness (QED) is 0.520. The highest BCUT2D eigenvalue weighted by Crippen LogP contribution is 2.33. The molecule has 3 atom stereocenters. The first-order chi connectivity index (χ1) is 5.70. The molecule has 0 spiro atoms. The molecular weight excluding hydrogens is 180 g/mol. The van der Waals surface area contributed by atoms with Gasteiger partial charge in [0, 0.05) is 11.8 Å². The largest absolute Gasteiger partial charge is 0.469 e. The zero-order valence-electron chi connectivity index (χ0n) is 7.00. The second kappa shape index (κ2) is 4.10. The monoisotopic (exact) mass is 192 g/mol. The first-order valence-electron chi connectivity index (χ1n) is 4.02. The van der Waals surface area contributed by atoms with Crippen LogP contribution >= 0.6 is 11.6 Å². The van der Waals surface area contributed by atoms with Gasteiger partial charge in [-0.2, -0.15) is 0 Å². The molecule has 0 radical (unpaired) electrons. The molecule has 0 aromatic carbocycles. The molecule has 0 aromatic rings. The van der Waals surface area contributed by atoms with Crippen molar-refractivity contribution in [3.8, 4) is 0 Å². The summed E-state index contributed by atoms with van der Waals surface area (Å²) in [5.74, 6) is -0.264. The van der Waals surface area contributed by atoms with Gasteiger partial charge in [-0.1, -0.05) is 0 Å². The minimum atomic E-state index is -0.438. The van der Waals surface area contributed by atoms with Crippen LogP contribution in [0.2, 0.25) is 0 Å². The Morgan fingerprint density at radius 2 is 2.33 bits per heavy atom. The highest BCUT2D eigenvalue weighted by molar-refractivity contribution is 6.18. The Bertz CT molecular complexity index is 172. The van der Waals surface area contributed by atoms with Crippen LogP contribution in [0, 0.1) is 11.8 Å². The van der Waals surface area contributed by atoms with Crippen LogP contribution in [0.15, 0.2) is 0 Å². The van der Waals surface area contributed by atoms with Gasteiger partial charge in [-0.05, 0) is 12.8 Å². The van der Waals surface area contributed by atoms with Gasteiger partial charge in [0.25, 0.3) is 0 Å². The Labute approximate surface area is 76.7 Å². The molecule has 0 aromatic heterocycles. The van der Waals surface area contributed by atoms with Crippen LogP contribution in [0.1, 0.15) is 12.8 Å². The minimum absolute atomic E-state index is 0.126. The number of halogens is 1. The van der Waals surface area contributed by atoms with E-state index in [0.29, 0.717) is 18.7 Å².